The number of carbonyl (C=O) groups is 1. The van der Waals surface area contributed by atoms with Crippen molar-refractivity contribution in [2.45, 2.75) is 18.7 Å². The van der Waals surface area contributed by atoms with Gasteiger partial charge in [0.25, 0.3) is 6.43 Å². The van der Waals surface area contributed by atoms with Crippen molar-refractivity contribution in [2.75, 3.05) is 0 Å². The minimum Gasteiger partial charge on any atom is -0.506 e. The highest BCUT2D eigenvalue weighted by Gasteiger charge is 2.18. The maximum absolute atomic E-state index is 12.4. The predicted octanol–water partition coefficient (Wildman–Crippen LogP) is 2.09. The molecule has 88 valence electrons. The summed E-state index contributed by atoms with van der Waals surface area (Å²) >= 11 is 5.40. The van der Waals surface area contributed by atoms with Crippen LogP contribution in [-0.4, -0.2) is 21.2 Å². The molecule has 0 aliphatic carbocycles. The minimum atomic E-state index is -2.84. The SMILES string of the molecule is O=C(O)Cc1cc(C(F)F)nc(CCl)c1O. The van der Waals surface area contributed by atoms with E-state index >= 15 is 0 Å². The van der Waals surface area contributed by atoms with Crippen molar-refractivity contribution < 1.29 is 23.8 Å². The smallest absolute Gasteiger partial charge is 0.307 e. The summed E-state index contributed by atoms with van der Waals surface area (Å²) < 4.78 is 24.8. The molecule has 1 heterocycles. The van der Waals surface area contributed by atoms with E-state index in [2.05, 4.69) is 4.98 Å². The molecule has 0 atom stereocenters. The van der Waals surface area contributed by atoms with Gasteiger partial charge in [-0.2, -0.15) is 0 Å². The van der Waals surface area contributed by atoms with E-state index in [0.29, 0.717) is 0 Å². The van der Waals surface area contributed by atoms with Crippen LogP contribution in [0.25, 0.3) is 0 Å². The molecular weight excluding hydrogens is 244 g/mol. The maximum Gasteiger partial charge on any atom is 0.307 e. The third kappa shape index (κ3) is 2.79. The summed E-state index contributed by atoms with van der Waals surface area (Å²) in [7, 11) is 0. The summed E-state index contributed by atoms with van der Waals surface area (Å²) in [5, 5.41) is 18.0. The summed E-state index contributed by atoms with van der Waals surface area (Å²) in [5.74, 6) is -1.94. The van der Waals surface area contributed by atoms with Crippen LogP contribution in [0.3, 0.4) is 0 Å². The molecule has 0 saturated heterocycles. The number of hydrogen-bond acceptors (Lipinski definition) is 3. The van der Waals surface area contributed by atoms with Crippen molar-refractivity contribution in [1.82, 2.24) is 4.98 Å². The van der Waals surface area contributed by atoms with Crippen LogP contribution < -0.4 is 0 Å². The van der Waals surface area contributed by atoms with Gasteiger partial charge in [-0.3, -0.25) is 4.79 Å². The molecule has 0 aliphatic heterocycles. The molecule has 1 rings (SSSR count). The van der Waals surface area contributed by atoms with Crippen LogP contribution in [0.5, 0.6) is 5.75 Å². The number of aliphatic carboxylic acids is 1. The Labute approximate surface area is 94.5 Å². The first-order chi connectivity index (χ1) is 7.45. The van der Waals surface area contributed by atoms with Crippen molar-refractivity contribution in [2.24, 2.45) is 0 Å². The molecule has 0 saturated carbocycles. The Balaban J connectivity index is 3.24. The first-order valence-electron chi connectivity index (χ1n) is 4.23. The van der Waals surface area contributed by atoms with Gasteiger partial charge in [-0.1, -0.05) is 0 Å². The average Bonchev–Trinajstić information content (AvgIpc) is 2.20. The zero-order valence-corrected chi connectivity index (χ0v) is 8.71. The van der Waals surface area contributed by atoms with Gasteiger partial charge in [0.05, 0.1) is 18.0 Å². The lowest BCUT2D eigenvalue weighted by Crippen LogP contribution is -2.05. The van der Waals surface area contributed by atoms with Crippen LogP contribution in [0, 0.1) is 0 Å². The molecule has 0 aliphatic rings. The highest BCUT2D eigenvalue weighted by Crippen LogP contribution is 2.28. The number of nitrogens with zero attached hydrogens (tertiary/aromatic N) is 1. The van der Waals surface area contributed by atoms with Crippen molar-refractivity contribution in [3.63, 3.8) is 0 Å². The Morgan fingerprint density at radius 3 is 2.62 bits per heavy atom. The van der Waals surface area contributed by atoms with E-state index in [0.717, 1.165) is 6.07 Å². The highest BCUT2D eigenvalue weighted by molar-refractivity contribution is 6.17. The Morgan fingerprint density at radius 2 is 2.19 bits per heavy atom. The fourth-order valence-corrected chi connectivity index (χ4v) is 1.36. The second-order valence-corrected chi connectivity index (χ2v) is 3.27. The van der Waals surface area contributed by atoms with Crippen molar-refractivity contribution in [3.05, 3.63) is 23.0 Å². The van der Waals surface area contributed by atoms with E-state index in [1.54, 1.807) is 0 Å². The molecule has 1 aromatic heterocycles. The van der Waals surface area contributed by atoms with Crippen molar-refractivity contribution in [1.29, 1.82) is 0 Å². The molecule has 16 heavy (non-hydrogen) atoms. The van der Waals surface area contributed by atoms with Gasteiger partial charge < -0.3 is 10.2 Å². The monoisotopic (exact) mass is 251 g/mol. The van der Waals surface area contributed by atoms with Gasteiger partial charge in [-0.25, -0.2) is 13.8 Å². The number of aromatic nitrogens is 1. The Kier molecular flexibility index (Phi) is 4.00. The van der Waals surface area contributed by atoms with Crippen molar-refractivity contribution >= 4 is 17.6 Å². The van der Waals surface area contributed by atoms with E-state index in [1.807, 2.05) is 0 Å². The first-order valence-corrected chi connectivity index (χ1v) is 4.76. The second-order valence-electron chi connectivity index (χ2n) is 3.01. The Bertz CT molecular complexity index is 412. The maximum atomic E-state index is 12.4. The molecule has 2 N–H and O–H groups in total. The largest absolute Gasteiger partial charge is 0.506 e. The number of halogens is 3. The molecule has 0 fully saturated rings. The molecule has 0 radical (unpaired) electrons. The summed E-state index contributed by atoms with van der Waals surface area (Å²) in [5.41, 5.74) is -0.853. The van der Waals surface area contributed by atoms with Gasteiger partial charge in [-0.15, -0.1) is 11.6 Å². The molecule has 0 bridgehead atoms. The van der Waals surface area contributed by atoms with Gasteiger partial charge in [0, 0.05) is 5.56 Å². The number of aromatic hydroxyl groups is 1. The fraction of sp³-hybridized carbons (Fsp3) is 0.333. The van der Waals surface area contributed by atoms with E-state index in [9.17, 15) is 18.7 Å². The van der Waals surface area contributed by atoms with Gasteiger partial charge >= 0.3 is 5.97 Å². The van der Waals surface area contributed by atoms with Crippen LogP contribution in [0.15, 0.2) is 6.07 Å². The third-order valence-corrected chi connectivity index (χ3v) is 2.11. The Morgan fingerprint density at radius 1 is 1.56 bits per heavy atom. The molecule has 0 amide bonds. The first kappa shape index (κ1) is 12.6. The molecule has 0 spiro atoms. The van der Waals surface area contributed by atoms with E-state index < -0.39 is 30.3 Å². The molecule has 7 heteroatoms. The van der Waals surface area contributed by atoms with E-state index in [4.69, 9.17) is 16.7 Å². The van der Waals surface area contributed by atoms with Gasteiger partial charge in [-0.05, 0) is 6.07 Å². The van der Waals surface area contributed by atoms with Gasteiger partial charge in [0.1, 0.15) is 11.4 Å². The average molecular weight is 252 g/mol. The second kappa shape index (κ2) is 5.07. The normalized spacial score (nSPS) is 10.8. The molecule has 0 aromatic carbocycles. The van der Waals surface area contributed by atoms with Crippen LogP contribution in [0.4, 0.5) is 8.78 Å². The summed E-state index contributed by atoms with van der Waals surface area (Å²) in [4.78, 5) is 13.9. The van der Waals surface area contributed by atoms with Crippen LogP contribution in [-0.2, 0) is 17.1 Å². The zero-order chi connectivity index (χ0) is 12.3. The summed E-state index contributed by atoms with van der Waals surface area (Å²) in [6.45, 7) is 0. The topological polar surface area (TPSA) is 70.4 Å². The standard InChI is InChI=1S/C9H8ClF2NO3/c10-3-6-8(16)4(2-7(14)15)1-5(13-6)9(11)12/h1,9,16H,2-3H2,(H,14,15). The van der Waals surface area contributed by atoms with Crippen molar-refractivity contribution in [3.8, 4) is 5.75 Å². The fourth-order valence-electron chi connectivity index (χ4n) is 1.18. The molecule has 0 unspecified atom stereocenters. The minimum absolute atomic E-state index is 0.117. The summed E-state index contributed by atoms with van der Waals surface area (Å²) in [6.07, 6.45) is -3.40. The lowest BCUT2D eigenvalue weighted by atomic mass is 10.1. The quantitative estimate of drug-likeness (QED) is 0.804. The van der Waals surface area contributed by atoms with Gasteiger partial charge in [0.2, 0.25) is 0 Å². The molecule has 1 aromatic rings. The van der Waals surface area contributed by atoms with Gasteiger partial charge in [0.15, 0.2) is 0 Å². The van der Waals surface area contributed by atoms with Crippen LogP contribution in [0.2, 0.25) is 0 Å². The number of pyridine rings is 1. The highest BCUT2D eigenvalue weighted by atomic mass is 35.5. The number of rotatable bonds is 4. The molecular formula is C9H8ClF2NO3. The van der Waals surface area contributed by atoms with E-state index in [-0.39, 0.29) is 17.1 Å². The lowest BCUT2D eigenvalue weighted by Gasteiger charge is -2.08. The lowest BCUT2D eigenvalue weighted by molar-refractivity contribution is -0.136. The van der Waals surface area contributed by atoms with Crippen LogP contribution in [0.1, 0.15) is 23.4 Å². The summed E-state index contributed by atoms with van der Waals surface area (Å²) in [6, 6.07) is 0.865. The number of hydrogen-bond donors (Lipinski definition) is 2. The van der Waals surface area contributed by atoms with Crippen LogP contribution >= 0.6 is 11.6 Å². The zero-order valence-electron chi connectivity index (χ0n) is 7.95. The number of carboxylic acid groups (broad SMARTS) is 1. The third-order valence-electron chi connectivity index (χ3n) is 1.86. The molecule has 4 nitrogen and oxygen atoms in total. The van der Waals surface area contributed by atoms with E-state index in [1.165, 1.54) is 0 Å². The number of carboxylic acids is 1. The predicted molar refractivity (Wildman–Crippen MR) is 51.8 cm³/mol. The Hall–Kier alpha value is -1.43. The number of alkyl halides is 3.